The van der Waals surface area contributed by atoms with Crippen LogP contribution in [0.4, 0.5) is 0 Å². The quantitative estimate of drug-likeness (QED) is 0.667. The first kappa shape index (κ1) is 19.4. The van der Waals surface area contributed by atoms with Gasteiger partial charge in [-0.2, -0.15) is 0 Å². The lowest BCUT2D eigenvalue weighted by molar-refractivity contribution is -0.135. The Bertz CT molecular complexity index is 633. The summed E-state index contributed by atoms with van der Waals surface area (Å²) in [5.74, 6) is 2.32. The van der Waals surface area contributed by atoms with Crippen molar-refractivity contribution in [1.82, 2.24) is 0 Å². The molecule has 0 radical (unpaired) electrons. The van der Waals surface area contributed by atoms with Crippen LogP contribution in [0.15, 0.2) is 24.8 Å². The Morgan fingerprint density at radius 2 is 1.76 bits per heavy atom. The molecule has 1 fully saturated rings. The molecule has 25 heavy (non-hydrogen) atoms. The number of Topliss-reactive ketones (excluding diaryl/α,β-unsaturated/α-hetero) is 1. The van der Waals surface area contributed by atoms with Gasteiger partial charge < -0.3 is 14.2 Å². The number of allylic oxidation sites excluding steroid dienone is 1. The highest BCUT2D eigenvalue weighted by Gasteiger charge is 2.41. The van der Waals surface area contributed by atoms with Crippen LogP contribution in [-0.4, -0.2) is 27.1 Å². The predicted octanol–water partition coefficient (Wildman–Crippen LogP) is 4.77. The molecule has 0 aromatic heterocycles. The molecule has 2 rings (SSSR count). The number of carbonyl (C=O) groups is 1. The van der Waals surface area contributed by atoms with Gasteiger partial charge in [-0.15, -0.1) is 6.58 Å². The minimum absolute atomic E-state index is 0.0272. The van der Waals surface area contributed by atoms with Gasteiger partial charge in [0.1, 0.15) is 11.5 Å². The van der Waals surface area contributed by atoms with Gasteiger partial charge in [0.05, 0.1) is 21.3 Å². The molecule has 1 aromatic carbocycles. The highest BCUT2D eigenvalue weighted by atomic mass is 16.5. The van der Waals surface area contributed by atoms with Crippen LogP contribution in [0.25, 0.3) is 0 Å². The zero-order chi connectivity index (χ0) is 18.6. The van der Waals surface area contributed by atoms with Crippen molar-refractivity contribution >= 4 is 5.78 Å². The van der Waals surface area contributed by atoms with Gasteiger partial charge in [0.25, 0.3) is 0 Å². The standard InChI is InChI=1S/C21H30O4/c1-7-9-14(15-10-8-11-21(2,3)20(15)22)16-12-18(24-5)19(25-6)13-17(16)23-4/h7,12-15H,1,8-11H2,2-6H3/t14-,15+/m0/s1. The van der Waals surface area contributed by atoms with E-state index < -0.39 is 0 Å². The van der Waals surface area contributed by atoms with Crippen molar-refractivity contribution in [1.29, 1.82) is 0 Å². The van der Waals surface area contributed by atoms with Crippen molar-refractivity contribution in [3.05, 3.63) is 30.4 Å². The van der Waals surface area contributed by atoms with E-state index in [2.05, 4.69) is 20.4 Å². The van der Waals surface area contributed by atoms with Crippen LogP contribution in [0.1, 0.15) is 51.0 Å². The molecule has 1 saturated carbocycles. The van der Waals surface area contributed by atoms with E-state index in [-0.39, 0.29) is 17.3 Å². The Morgan fingerprint density at radius 3 is 2.32 bits per heavy atom. The lowest BCUT2D eigenvalue weighted by atomic mass is 9.65. The van der Waals surface area contributed by atoms with E-state index in [4.69, 9.17) is 14.2 Å². The second-order valence-electron chi connectivity index (χ2n) is 7.33. The largest absolute Gasteiger partial charge is 0.496 e. The van der Waals surface area contributed by atoms with Crippen LogP contribution in [-0.2, 0) is 4.79 Å². The Morgan fingerprint density at radius 1 is 1.16 bits per heavy atom. The molecule has 0 unspecified atom stereocenters. The summed E-state index contributed by atoms with van der Waals surface area (Å²) in [6.45, 7) is 8.01. The Kier molecular flexibility index (Phi) is 6.15. The van der Waals surface area contributed by atoms with Gasteiger partial charge in [-0.25, -0.2) is 0 Å². The van der Waals surface area contributed by atoms with Gasteiger partial charge in [-0.1, -0.05) is 26.3 Å². The first-order chi connectivity index (χ1) is 11.9. The van der Waals surface area contributed by atoms with Crippen molar-refractivity contribution < 1.29 is 19.0 Å². The molecule has 1 aliphatic carbocycles. The van der Waals surface area contributed by atoms with Gasteiger partial charge in [-0.05, 0) is 25.3 Å². The summed E-state index contributed by atoms with van der Waals surface area (Å²) in [7, 11) is 4.86. The molecule has 4 heteroatoms. The molecular weight excluding hydrogens is 316 g/mol. The van der Waals surface area contributed by atoms with Crippen LogP contribution in [0.2, 0.25) is 0 Å². The summed E-state index contributed by atoms with van der Waals surface area (Å²) in [5, 5.41) is 0. The van der Waals surface area contributed by atoms with Crippen LogP contribution in [0, 0.1) is 11.3 Å². The summed E-state index contributed by atoms with van der Waals surface area (Å²) in [6, 6.07) is 3.78. The maximum Gasteiger partial charge on any atom is 0.164 e. The summed E-state index contributed by atoms with van der Waals surface area (Å²) >= 11 is 0. The molecule has 0 saturated heterocycles. The number of ether oxygens (including phenoxy) is 3. The van der Waals surface area contributed by atoms with E-state index in [0.29, 0.717) is 17.3 Å². The van der Waals surface area contributed by atoms with Crippen LogP contribution in [0.3, 0.4) is 0 Å². The molecule has 2 atom stereocenters. The number of carbonyl (C=O) groups excluding carboxylic acids is 1. The van der Waals surface area contributed by atoms with Crippen molar-refractivity contribution in [2.24, 2.45) is 11.3 Å². The topological polar surface area (TPSA) is 44.8 Å². The predicted molar refractivity (Wildman–Crippen MR) is 99.8 cm³/mol. The molecule has 0 spiro atoms. The Hall–Kier alpha value is -1.97. The number of ketones is 1. The highest BCUT2D eigenvalue weighted by molar-refractivity contribution is 5.88. The summed E-state index contributed by atoms with van der Waals surface area (Å²) in [6.07, 6.45) is 5.52. The minimum atomic E-state index is -0.272. The molecule has 0 heterocycles. The van der Waals surface area contributed by atoms with Gasteiger partial charge in [0.15, 0.2) is 11.5 Å². The molecule has 0 bridgehead atoms. The third kappa shape index (κ3) is 3.83. The third-order valence-corrected chi connectivity index (χ3v) is 5.36. The van der Waals surface area contributed by atoms with Crippen LogP contribution < -0.4 is 14.2 Å². The number of hydrogen-bond acceptors (Lipinski definition) is 4. The second kappa shape index (κ2) is 7.94. The van der Waals surface area contributed by atoms with Crippen molar-refractivity contribution in [2.45, 2.75) is 45.4 Å². The van der Waals surface area contributed by atoms with Gasteiger partial charge in [-0.3, -0.25) is 4.79 Å². The molecule has 0 amide bonds. The fourth-order valence-electron chi connectivity index (χ4n) is 3.93. The Balaban J connectivity index is 2.53. The normalized spacial score (nSPS) is 20.7. The van der Waals surface area contributed by atoms with E-state index in [9.17, 15) is 4.79 Å². The van der Waals surface area contributed by atoms with Gasteiger partial charge >= 0.3 is 0 Å². The summed E-state index contributed by atoms with van der Waals surface area (Å²) in [4.78, 5) is 13.1. The fourth-order valence-corrected chi connectivity index (χ4v) is 3.93. The number of rotatable bonds is 7. The van der Waals surface area contributed by atoms with Crippen LogP contribution in [0.5, 0.6) is 17.2 Å². The Labute approximate surface area is 151 Å². The average molecular weight is 346 g/mol. The molecule has 4 nitrogen and oxygen atoms in total. The average Bonchev–Trinajstić information content (AvgIpc) is 2.61. The third-order valence-electron chi connectivity index (χ3n) is 5.36. The minimum Gasteiger partial charge on any atom is -0.496 e. The van der Waals surface area contributed by atoms with Gasteiger partial charge in [0, 0.05) is 28.9 Å². The number of benzene rings is 1. The van der Waals surface area contributed by atoms with E-state index >= 15 is 0 Å². The fraction of sp³-hybridized carbons (Fsp3) is 0.571. The summed E-state index contributed by atoms with van der Waals surface area (Å²) < 4.78 is 16.5. The summed E-state index contributed by atoms with van der Waals surface area (Å²) in [5.41, 5.74) is 0.711. The first-order valence-corrected chi connectivity index (χ1v) is 8.84. The van der Waals surface area contributed by atoms with Crippen molar-refractivity contribution in [2.75, 3.05) is 21.3 Å². The number of hydrogen-bond donors (Lipinski definition) is 0. The monoisotopic (exact) mass is 346 g/mol. The van der Waals surface area contributed by atoms with Crippen molar-refractivity contribution in [3.8, 4) is 17.2 Å². The molecule has 1 aliphatic rings. The second-order valence-corrected chi connectivity index (χ2v) is 7.33. The zero-order valence-electron chi connectivity index (χ0n) is 16.1. The first-order valence-electron chi connectivity index (χ1n) is 8.84. The maximum absolute atomic E-state index is 13.1. The molecular formula is C21H30O4. The van der Waals surface area contributed by atoms with E-state index in [1.165, 1.54) is 0 Å². The molecule has 0 N–H and O–H groups in total. The molecule has 0 aliphatic heterocycles. The SMILES string of the molecule is C=CC[C@H](c1cc(OC)c(OC)cc1OC)[C@H]1CCCC(C)(C)C1=O. The van der Waals surface area contributed by atoms with Crippen LogP contribution >= 0.6 is 0 Å². The number of methoxy groups -OCH3 is 3. The smallest absolute Gasteiger partial charge is 0.164 e. The van der Waals surface area contributed by atoms with Gasteiger partial charge in [0.2, 0.25) is 0 Å². The van der Waals surface area contributed by atoms with Crippen molar-refractivity contribution in [3.63, 3.8) is 0 Å². The highest BCUT2D eigenvalue weighted by Crippen LogP contribution is 2.47. The van der Waals surface area contributed by atoms with E-state index in [0.717, 1.165) is 37.0 Å². The van der Waals surface area contributed by atoms with E-state index in [1.807, 2.05) is 18.2 Å². The lowest BCUT2D eigenvalue weighted by Gasteiger charge is -2.38. The molecule has 1 aromatic rings. The molecule has 138 valence electrons. The van der Waals surface area contributed by atoms with E-state index in [1.54, 1.807) is 21.3 Å². The zero-order valence-corrected chi connectivity index (χ0v) is 16.1. The lowest BCUT2D eigenvalue weighted by Crippen LogP contribution is -2.38. The maximum atomic E-state index is 13.1.